The quantitative estimate of drug-likeness (QED) is 0.368. The number of aliphatic hydroxyl groups is 1. The van der Waals surface area contributed by atoms with Gasteiger partial charge in [-0.3, -0.25) is 0 Å². The summed E-state index contributed by atoms with van der Waals surface area (Å²) in [5.74, 6) is 0.934. The van der Waals surface area contributed by atoms with E-state index in [0.717, 1.165) is 25.0 Å². The summed E-state index contributed by atoms with van der Waals surface area (Å²) in [7, 11) is 0.346. The number of halogens is 1. The molecular weight excluding hydrogens is 283 g/mol. The molecule has 72 valence electrons. The van der Waals surface area contributed by atoms with Gasteiger partial charge in [-0.1, -0.05) is 12.2 Å². The Bertz CT molecular complexity index is 159. The van der Waals surface area contributed by atoms with Crippen molar-refractivity contribution >= 4 is 10.9 Å². The molecule has 0 heterocycles. The van der Waals surface area contributed by atoms with Crippen LogP contribution >= 0.6 is 0 Å². The molecule has 1 aliphatic carbocycles. The van der Waals surface area contributed by atoms with Gasteiger partial charge in [0.1, 0.15) is 11.4 Å². The fourth-order valence-electron chi connectivity index (χ4n) is 1.53. The minimum atomic E-state index is -0.467. The van der Waals surface area contributed by atoms with E-state index in [1.165, 1.54) is 0 Å². The average Bonchev–Trinajstić information content (AvgIpc) is 1.85. The summed E-state index contributed by atoms with van der Waals surface area (Å²) in [6, 6.07) is 0. The Morgan fingerprint density at radius 3 is 2.58 bits per heavy atom. The zero-order valence-corrected chi connectivity index (χ0v) is 10.7. The second-order valence-electron chi connectivity index (χ2n) is 3.53. The number of hydrogen-bond acceptors (Lipinski definition) is 1. The van der Waals surface area contributed by atoms with E-state index in [-0.39, 0.29) is 24.0 Å². The van der Waals surface area contributed by atoms with Crippen LogP contribution in [0, 0.1) is 0 Å². The van der Waals surface area contributed by atoms with Gasteiger partial charge in [-0.25, -0.2) is 0 Å². The van der Waals surface area contributed by atoms with Crippen LogP contribution in [0.25, 0.3) is 0 Å². The first kappa shape index (κ1) is 12.8. The van der Waals surface area contributed by atoms with Crippen molar-refractivity contribution in [2.75, 3.05) is 18.3 Å². The molecule has 1 nitrogen and oxygen atoms in total. The molecule has 0 aromatic heterocycles. The van der Waals surface area contributed by atoms with Gasteiger partial charge in [0.05, 0.1) is 12.5 Å². The molecule has 0 radical (unpaired) electrons. The predicted molar refractivity (Wildman–Crippen MR) is 52.0 cm³/mol. The molecule has 0 saturated heterocycles. The highest BCUT2D eigenvalue weighted by atomic mass is 127. The van der Waals surface area contributed by atoms with E-state index in [1.54, 1.807) is 0 Å². The Balaban J connectivity index is 0.00000121. The molecule has 12 heavy (non-hydrogen) atoms. The molecule has 0 aromatic carbocycles. The lowest BCUT2D eigenvalue weighted by atomic mass is 9.93. The highest BCUT2D eigenvalue weighted by molar-refractivity contribution is 7.95. The minimum absolute atomic E-state index is 0. The van der Waals surface area contributed by atoms with Gasteiger partial charge in [0, 0.05) is 0 Å². The van der Waals surface area contributed by atoms with E-state index >= 15 is 0 Å². The molecule has 0 bridgehead atoms. The van der Waals surface area contributed by atoms with Crippen LogP contribution in [0.4, 0.5) is 0 Å². The Kier molecular flexibility index (Phi) is 5.85. The monoisotopic (exact) mass is 300 g/mol. The fraction of sp³-hybridized carbons (Fsp3) is 0.778. The first-order valence-corrected chi connectivity index (χ1v) is 6.28. The van der Waals surface area contributed by atoms with Crippen molar-refractivity contribution in [2.45, 2.75) is 24.9 Å². The molecule has 1 N–H and O–H groups in total. The number of allylic oxidation sites excluding steroid dienone is 1. The van der Waals surface area contributed by atoms with E-state index in [0.29, 0.717) is 10.9 Å². The zero-order chi connectivity index (χ0) is 8.32. The van der Waals surface area contributed by atoms with Crippen LogP contribution in [0.1, 0.15) is 19.3 Å². The Morgan fingerprint density at radius 1 is 1.50 bits per heavy atom. The van der Waals surface area contributed by atoms with Crippen molar-refractivity contribution in [3.8, 4) is 0 Å². The molecule has 0 amide bonds. The molecule has 1 rings (SSSR count). The second-order valence-corrected chi connectivity index (χ2v) is 5.79. The highest BCUT2D eigenvalue weighted by Gasteiger charge is 2.30. The third-order valence-corrected chi connectivity index (χ3v) is 3.02. The fourth-order valence-corrected chi connectivity index (χ4v) is 2.77. The first-order valence-electron chi connectivity index (χ1n) is 4.07. The Hall–Kier alpha value is 0.780. The summed E-state index contributed by atoms with van der Waals surface area (Å²) in [6.45, 7) is 0. The van der Waals surface area contributed by atoms with Crippen molar-refractivity contribution in [2.24, 2.45) is 0 Å². The summed E-state index contributed by atoms with van der Waals surface area (Å²) in [6.07, 6.45) is 11.7. The molecule has 1 atom stereocenters. The van der Waals surface area contributed by atoms with Crippen LogP contribution in [0.5, 0.6) is 0 Å². The summed E-state index contributed by atoms with van der Waals surface area (Å²) in [5, 5.41) is 9.96. The van der Waals surface area contributed by atoms with Crippen LogP contribution in [0.15, 0.2) is 12.2 Å². The third kappa shape index (κ3) is 4.14. The van der Waals surface area contributed by atoms with E-state index in [4.69, 9.17) is 0 Å². The van der Waals surface area contributed by atoms with E-state index < -0.39 is 5.60 Å². The predicted octanol–water partition coefficient (Wildman–Crippen LogP) is -1.66. The van der Waals surface area contributed by atoms with Crippen molar-refractivity contribution in [1.29, 1.82) is 0 Å². The third-order valence-electron chi connectivity index (χ3n) is 1.95. The SMILES string of the molecule is C[S+](C)CC1(O)C=CCCC1.[I-]. The minimum Gasteiger partial charge on any atom is -1.00 e. The van der Waals surface area contributed by atoms with Crippen molar-refractivity contribution < 1.29 is 29.1 Å². The topological polar surface area (TPSA) is 20.2 Å². The van der Waals surface area contributed by atoms with Crippen LogP contribution < -0.4 is 24.0 Å². The summed E-state index contributed by atoms with van der Waals surface area (Å²) >= 11 is 0. The van der Waals surface area contributed by atoms with Gasteiger partial charge >= 0.3 is 0 Å². The second kappa shape index (κ2) is 5.50. The lowest BCUT2D eigenvalue weighted by Gasteiger charge is -2.24. The van der Waals surface area contributed by atoms with Gasteiger partial charge in [-0.05, 0) is 30.2 Å². The normalized spacial score (nSPS) is 28.7. The van der Waals surface area contributed by atoms with Gasteiger partial charge in [0.25, 0.3) is 0 Å². The molecule has 1 aliphatic rings. The summed E-state index contributed by atoms with van der Waals surface area (Å²) in [5.41, 5.74) is -0.467. The molecule has 1 unspecified atom stereocenters. The van der Waals surface area contributed by atoms with Gasteiger partial charge < -0.3 is 29.1 Å². The molecule has 0 aromatic rings. The maximum atomic E-state index is 9.96. The van der Waals surface area contributed by atoms with Crippen LogP contribution in [0.3, 0.4) is 0 Å². The summed E-state index contributed by atoms with van der Waals surface area (Å²) < 4.78 is 0. The van der Waals surface area contributed by atoms with Gasteiger partial charge in [-0.2, -0.15) is 0 Å². The molecule has 0 fully saturated rings. The lowest BCUT2D eigenvalue weighted by Crippen LogP contribution is -3.00. The smallest absolute Gasteiger partial charge is 0.139 e. The molecule has 0 saturated carbocycles. The summed E-state index contributed by atoms with van der Waals surface area (Å²) in [4.78, 5) is 0. The van der Waals surface area contributed by atoms with E-state index in [2.05, 4.69) is 18.6 Å². The van der Waals surface area contributed by atoms with Crippen molar-refractivity contribution in [1.82, 2.24) is 0 Å². The van der Waals surface area contributed by atoms with Crippen molar-refractivity contribution in [3.05, 3.63) is 12.2 Å². The Morgan fingerprint density at radius 2 is 2.17 bits per heavy atom. The average molecular weight is 300 g/mol. The first-order chi connectivity index (χ1) is 5.12. The van der Waals surface area contributed by atoms with Crippen LogP contribution in [-0.4, -0.2) is 29.0 Å². The van der Waals surface area contributed by atoms with Crippen LogP contribution in [-0.2, 0) is 10.9 Å². The van der Waals surface area contributed by atoms with Gasteiger partial charge in [-0.15, -0.1) is 0 Å². The van der Waals surface area contributed by atoms with Crippen molar-refractivity contribution in [3.63, 3.8) is 0 Å². The Labute approximate surface area is 95.0 Å². The maximum absolute atomic E-state index is 9.96. The zero-order valence-electron chi connectivity index (χ0n) is 7.72. The number of hydrogen-bond donors (Lipinski definition) is 1. The molecule has 0 spiro atoms. The molecule has 3 heteroatoms. The molecule has 0 aliphatic heterocycles. The lowest BCUT2D eigenvalue weighted by molar-refractivity contribution is -0.00000763. The van der Waals surface area contributed by atoms with Gasteiger partial charge in [0.2, 0.25) is 0 Å². The highest BCUT2D eigenvalue weighted by Crippen LogP contribution is 2.23. The van der Waals surface area contributed by atoms with E-state index in [9.17, 15) is 5.11 Å². The van der Waals surface area contributed by atoms with Gasteiger partial charge in [0.15, 0.2) is 0 Å². The maximum Gasteiger partial charge on any atom is 0.139 e. The number of rotatable bonds is 2. The molecular formula is C9H17IOS. The van der Waals surface area contributed by atoms with E-state index in [1.807, 2.05) is 6.08 Å². The standard InChI is InChI=1S/C9H17OS.HI/c1-11(2)8-9(10)6-4-3-5-7-9;/h4,6,10H,3,5,7-8H2,1-2H3;1H/q+1;/p-1. The van der Waals surface area contributed by atoms with Crippen LogP contribution in [0.2, 0.25) is 0 Å². The largest absolute Gasteiger partial charge is 1.00 e.